The summed E-state index contributed by atoms with van der Waals surface area (Å²) in [5.41, 5.74) is 0.635. The molecule has 0 aliphatic heterocycles. The monoisotopic (exact) mass is 317 g/mol. The standard InChI is InChI=1S/C15H9ClFN3O2/c16-11-7-10(5-6-12(11)17)19-14(21)15(22)20-13-4-2-1-3-9(13)8-18/h1-7H,(H,19,21)(H,20,22). The molecule has 0 unspecified atom stereocenters. The maximum atomic E-state index is 13.0. The van der Waals surface area contributed by atoms with E-state index in [4.69, 9.17) is 16.9 Å². The molecule has 0 radical (unpaired) electrons. The van der Waals surface area contributed by atoms with Gasteiger partial charge < -0.3 is 10.6 Å². The molecule has 2 amide bonds. The van der Waals surface area contributed by atoms with Gasteiger partial charge in [-0.05, 0) is 30.3 Å². The second-order valence-electron chi connectivity index (χ2n) is 4.19. The molecule has 0 heterocycles. The number of anilines is 2. The number of carbonyl (C=O) groups excluding carboxylic acids is 2. The number of rotatable bonds is 2. The quantitative estimate of drug-likeness (QED) is 0.835. The van der Waals surface area contributed by atoms with Crippen molar-refractivity contribution in [1.29, 1.82) is 5.26 Å². The average Bonchev–Trinajstić information content (AvgIpc) is 2.51. The topological polar surface area (TPSA) is 82.0 Å². The molecule has 0 saturated heterocycles. The van der Waals surface area contributed by atoms with Crippen LogP contribution in [-0.2, 0) is 9.59 Å². The van der Waals surface area contributed by atoms with Crippen LogP contribution >= 0.6 is 11.6 Å². The third-order valence-electron chi connectivity index (χ3n) is 2.68. The molecule has 0 spiro atoms. The van der Waals surface area contributed by atoms with Gasteiger partial charge in [0, 0.05) is 5.69 Å². The zero-order valence-corrected chi connectivity index (χ0v) is 11.8. The molecule has 0 aliphatic rings. The molecule has 110 valence electrons. The first-order valence-electron chi connectivity index (χ1n) is 6.08. The van der Waals surface area contributed by atoms with Crippen molar-refractivity contribution in [3.05, 3.63) is 58.9 Å². The number of halogens is 2. The van der Waals surface area contributed by atoms with Crippen LogP contribution in [0, 0.1) is 17.1 Å². The predicted molar refractivity (Wildman–Crippen MR) is 79.8 cm³/mol. The molecular formula is C15H9ClFN3O2. The van der Waals surface area contributed by atoms with Gasteiger partial charge in [0.15, 0.2) is 0 Å². The Morgan fingerprint density at radius 2 is 1.77 bits per heavy atom. The van der Waals surface area contributed by atoms with Gasteiger partial charge in [0.25, 0.3) is 0 Å². The minimum Gasteiger partial charge on any atom is -0.318 e. The Hall–Kier alpha value is -2.91. The van der Waals surface area contributed by atoms with Crippen LogP contribution in [0.1, 0.15) is 5.56 Å². The van der Waals surface area contributed by atoms with E-state index in [1.807, 2.05) is 6.07 Å². The van der Waals surface area contributed by atoms with E-state index < -0.39 is 17.6 Å². The molecule has 0 fully saturated rings. The highest BCUT2D eigenvalue weighted by Gasteiger charge is 2.16. The van der Waals surface area contributed by atoms with E-state index in [1.54, 1.807) is 12.1 Å². The molecule has 0 aliphatic carbocycles. The molecule has 22 heavy (non-hydrogen) atoms. The number of hydrogen-bond donors (Lipinski definition) is 2. The fourth-order valence-corrected chi connectivity index (χ4v) is 1.81. The van der Waals surface area contributed by atoms with Gasteiger partial charge in [-0.3, -0.25) is 9.59 Å². The largest absolute Gasteiger partial charge is 0.318 e. The Morgan fingerprint density at radius 1 is 1.09 bits per heavy atom. The number of nitriles is 1. The Bertz CT molecular complexity index is 787. The third kappa shape index (κ3) is 3.59. The molecular weight excluding hydrogens is 309 g/mol. The van der Waals surface area contributed by atoms with Crippen LogP contribution in [0.4, 0.5) is 15.8 Å². The summed E-state index contributed by atoms with van der Waals surface area (Å²) in [4.78, 5) is 23.6. The molecule has 0 aromatic heterocycles. The van der Waals surface area contributed by atoms with Crippen molar-refractivity contribution in [3.8, 4) is 6.07 Å². The van der Waals surface area contributed by atoms with Crippen LogP contribution in [0.5, 0.6) is 0 Å². The minimum atomic E-state index is -0.963. The van der Waals surface area contributed by atoms with Crippen molar-refractivity contribution in [2.45, 2.75) is 0 Å². The predicted octanol–water partition coefficient (Wildman–Crippen LogP) is 2.93. The van der Waals surface area contributed by atoms with Gasteiger partial charge in [0.1, 0.15) is 11.9 Å². The Balaban J connectivity index is 2.08. The highest BCUT2D eigenvalue weighted by Crippen LogP contribution is 2.19. The summed E-state index contributed by atoms with van der Waals surface area (Å²) in [5.74, 6) is -2.55. The molecule has 2 N–H and O–H groups in total. The van der Waals surface area contributed by atoms with Gasteiger partial charge in [-0.25, -0.2) is 4.39 Å². The number of hydrogen-bond acceptors (Lipinski definition) is 3. The average molecular weight is 318 g/mol. The lowest BCUT2D eigenvalue weighted by Gasteiger charge is -2.08. The van der Waals surface area contributed by atoms with Gasteiger partial charge in [-0.2, -0.15) is 5.26 Å². The maximum absolute atomic E-state index is 13.0. The molecule has 0 atom stereocenters. The molecule has 5 nitrogen and oxygen atoms in total. The van der Waals surface area contributed by atoms with Crippen LogP contribution in [0.15, 0.2) is 42.5 Å². The molecule has 0 bridgehead atoms. The van der Waals surface area contributed by atoms with E-state index in [2.05, 4.69) is 10.6 Å². The first kappa shape index (κ1) is 15.5. The van der Waals surface area contributed by atoms with Crippen LogP contribution in [-0.4, -0.2) is 11.8 Å². The van der Waals surface area contributed by atoms with Gasteiger partial charge in [0.2, 0.25) is 0 Å². The van der Waals surface area contributed by atoms with Crippen molar-refractivity contribution in [3.63, 3.8) is 0 Å². The van der Waals surface area contributed by atoms with E-state index in [0.29, 0.717) is 0 Å². The Kier molecular flexibility index (Phi) is 4.71. The van der Waals surface area contributed by atoms with E-state index in [1.165, 1.54) is 24.3 Å². The summed E-state index contributed by atoms with van der Waals surface area (Å²) < 4.78 is 13.0. The van der Waals surface area contributed by atoms with Crippen molar-refractivity contribution in [2.24, 2.45) is 0 Å². The summed E-state index contributed by atoms with van der Waals surface area (Å²) in [5, 5.41) is 13.3. The molecule has 2 aromatic carbocycles. The number of para-hydroxylation sites is 1. The highest BCUT2D eigenvalue weighted by molar-refractivity contribution is 6.43. The third-order valence-corrected chi connectivity index (χ3v) is 2.97. The van der Waals surface area contributed by atoms with E-state index in [9.17, 15) is 14.0 Å². The summed E-state index contributed by atoms with van der Waals surface area (Å²) in [6, 6.07) is 11.7. The SMILES string of the molecule is N#Cc1ccccc1NC(=O)C(=O)Nc1ccc(F)c(Cl)c1. The lowest BCUT2D eigenvalue weighted by atomic mass is 10.2. The highest BCUT2D eigenvalue weighted by atomic mass is 35.5. The van der Waals surface area contributed by atoms with Gasteiger partial charge in [0.05, 0.1) is 16.3 Å². The van der Waals surface area contributed by atoms with Gasteiger partial charge in [-0.1, -0.05) is 23.7 Å². The second-order valence-corrected chi connectivity index (χ2v) is 4.60. The van der Waals surface area contributed by atoms with Crippen molar-refractivity contribution in [1.82, 2.24) is 0 Å². The summed E-state index contributed by atoms with van der Waals surface area (Å²) >= 11 is 5.58. The zero-order chi connectivity index (χ0) is 16.1. The van der Waals surface area contributed by atoms with E-state index in [-0.39, 0.29) is 22.0 Å². The first-order chi connectivity index (χ1) is 10.5. The number of benzene rings is 2. The molecule has 7 heteroatoms. The molecule has 0 saturated carbocycles. The summed E-state index contributed by atoms with van der Waals surface area (Å²) in [6.07, 6.45) is 0. The lowest BCUT2D eigenvalue weighted by molar-refractivity contribution is -0.133. The van der Waals surface area contributed by atoms with Crippen LogP contribution in [0.3, 0.4) is 0 Å². The Labute approximate surface area is 130 Å². The van der Waals surface area contributed by atoms with Crippen molar-refractivity contribution in [2.75, 3.05) is 10.6 Å². The fraction of sp³-hybridized carbons (Fsp3) is 0. The number of nitrogens with zero attached hydrogens (tertiary/aromatic N) is 1. The number of nitrogens with one attached hydrogen (secondary N) is 2. The first-order valence-corrected chi connectivity index (χ1v) is 6.45. The lowest BCUT2D eigenvalue weighted by Crippen LogP contribution is -2.29. The summed E-state index contributed by atoms with van der Waals surface area (Å²) in [6.45, 7) is 0. The number of amides is 2. The minimum absolute atomic E-state index is 0.173. The van der Waals surface area contributed by atoms with Crippen LogP contribution < -0.4 is 10.6 Å². The van der Waals surface area contributed by atoms with Gasteiger partial charge >= 0.3 is 11.8 Å². The van der Waals surface area contributed by atoms with E-state index in [0.717, 1.165) is 6.07 Å². The Morgan fingerprint density at radius 3 is 2.45 bits per heavy atom. The fourth-order valence-electron chi connectivity index (χ4n) is 1.63. The maximum Gasteiger partial charge on any atom is 0.314 e. The van der Waals surface area contributed by atoms with E-state index >= 15 is 0 Å². The molecule has 2 aromatic rings. The summed E-state index contributed by atoms with van der Waals surface area (Å²) in [7, 11) is 0. The normalized spacial score (nSPS) is 9.68. The van der Waals surface area contributed by atoms with Crippen molar-refractivity contribution >= 4 is 34.8 Å². The smallest absolute Gasteiger partial charge is 0.314 e. The molecule has 2 rings (SSSR count). The zero-order valence-electron chi connectivity index (χ0n) is 11.1. The van der Waals surface area contributed by atoms with Gasteiger partial charge in [-0.15, -0.1) is 0 Å². The van der Waals surface area contributed by atoms with Crippen LogP contribution in [0.25, 0.3) is 0 Å². The van der Waals surface area contributed by atoms with Crippen LogP contribution in [0.2, 0.25) is 5.02 Å². The second kappa shape index (κ2) is 6.70. The number of carbonyl (C=O) groups is 2. The van der Waals surface area contributed by atoms with Crippen molar-refractivity contribution < 1.29 is 14.0 Å².